The molecule has 0 aromatic heterocycles. The van der Waals surface area contributed by atoms with Crippen molar-refractivity contribution in [1.29, 1.82) is 0 Å². The Labute approximate surface area is 374 Å². The van der Waals surface area contributed by atoms with E-state index < -0.39 is 23.8 Å². The van der Waals surface area contributed by atoms with Gasteiger partial charge in [0.1, 0.15) is 31.8 Å². The van der Waals surface area contributed by atoms with Crippen molar-refractivity contribution in [2.24, 2.45) is 0 Å². The van der Waals surface area contributed by atoms with Crippen LogP contribution in [0.15, 0.2) is 231 Å². The molecule has 60 heavy (non-hydrogen) atoms. The smallest absolute Gasteiger partial charge is 0.655 e. The summed E-state index contributed by atoms with van der Waals surface area (Å²) in [5.74, 6) is 0. The van der Waals surface area contributed by atoms with Gasteiger partial charge in [0.2, 0.25) is 0 Å². The molecule has 8 aromatic carbocycles. The number of benzene rings is 8. The number of aryl methyl sites for hydroxylation is 1. The molecule has 0 unspecified atom stereocenters. The summed E-state index contributed by atoms with van der Waals surface area (Å²) in [5.41, 5.74) is 4.91. The molecule has 0 saturated heterocycles. The Hall–Kier alpha value is -4.63. The van der Waals surface area contributed by atoms with Crippen molar-refractivity contribution in [1.82, 2.24) is 0 Å². The third kappa shape index (κ3) is 13.4. The summed E-state index contributed by atoms with van der Waals surface area (Å²) in [5, 5.41) is 15.0. The van der Waals surface area contributed by atoms with E-state index in [9.17, 15) is 0 Å². The maximum Gasteiger partial charge on any atom is 1.00 e. The number of hydrogen-bond acceptors (Lipinski definition) is 0. The molecule has 0 saturated carbocycles. The van der Waals surface area contributed by atoms with Crippen LogP contribution >= 0.6 is 23.8 Å². The van der Waals surface area contributed by atoms with E-state index >= 15 is 0 Å². The van der Waals surface area contributed by atoms with E-state index in [0.29, 0.717) is 11.3 Å². The normalized spacial score (nSPS) is 10.7. The summed E-state index contributed by atoms with van der Waals surface area (Å²) in [6.07, 6.45) is 0. The standard InChI is InChI=1S/C19H25NP.2C18H15P.Cu/c1-14(2)21(15(3)4)19-12-11-16(5)13-18(19)20-17-9-7-6-8-10-17;2*1-4-10-16(11-5-1)19(17-12-6-2-7-13-17)18-14-8-3-9-15-18;/h6-15H,1-5H3;2*1-15H;/q-1;;;+1/p+3. The first-order chi connectivity index (χ1) is 28.9. The Kier molecular flexibility index (Phi) is 19.0. The van der Waals surface area contributed by atoms with Gasteiger partial charge in [-0.05, 0) is 113 Å². The van der Waals surface area contributed by atoms with E-state index in [1.807, 2.05) is 18.2 Å². The molecule has 0 bridgehead atoms. The van der Waals surface area contributed by atoms with Gasteiger partial charge in [-0.3, -0.25) is 0 Å². The van der Waals surface area contributed by atoms with Crippen molar-refractivity contribution in [2.75, 3.05) is 0 Å². The van der Waals surface area contributed by atoms with Gasteiger partial charge in [-0.25, -0.2) is 0 Å². The molecular weight excluding hydrogens is 831 g/mol. The summed E-state index contributed by atoms with van der Waals surface area (Å²) in [6, 6.07) is 82.0. The molecule has 0 amide bonds. The van der Waals surface area contributed by atoms with Gasteiger partial charge in [0.05, 0.1) is 32.5 Å². The van der Waals surface area contributed by atoms with Gasteiger partial charge in [0, 0.05) is 7.92 Å². The van der Waals surface area contributed by atoms with Crippen LogP contribution in [-0.4, -0.2) is 11.3 Å². The predicted octanol–water partition coefficient (Wildman–Crippen LogP) is 12.3. The largest absolute Gasteiger partial charge is 1.00 e. The second-order valence-corrected chi connectivity index (χ2v) is 23.9. The Morgan fingerprint density at radius 1 is 0.350 bits per heavy atom. The van der Waals surface area contributed by atoms with E-state index in [1.165, 1.54) is 42.7 Å². The summed E-state index contributed by atoms with van der Waals surface area (Å²) in [4.78, 5) is 0. The average Bonchev–Trinajstić information content (AvgIpc) is 3.28. The second-order valence-electron chi connectivity index (χ2n) is 15.2. The maximum atomic E-state index is 4.91. The first kappa shape index (κ1) is 46.4. The number of rotatable bonds is 11. The predicted molar refractivity (Wildman–Crippen MR) is 272 cm³/mol. The van der Waals surface area contributed by atoms with E-state index in [0.717, 1.165) is 11.4 Å². The van der Waals surface area contributed by atoms with Crippen LogP contribution in [0.5, 0.6) is 0 Å². The zero-order chi connectivity index (χ0) is 41.2. The Morgan fingerprint density at radius 3 is 0.883 bits per heavy atom. The SMILES string of the molecule is Cc1ccc([PH+](C(C)C)C(C)C)c([N-]c2ccccc2)c1.[Cu+].c1ccc([PH+](c2ccccc2)c2ccccc2)cc1.c1ccc([PH+](c2ccccc2)c2ccccc2)cc1. The van der Waals surface area contributed by atoms with Crippen molar-refractivity contribution in [2.45, 2.75) is 45.9 Å². The first-order valence-corrected chi connectivity index (χ1v) is 25.4. The zero-order valence-electron chi connectivity index (χ0n) is 35.3. The molecule has 0 aliphatic rings. The van der Waals surface area contributed by atoms with E-state index in [1.54, 1.807) is 0 Å². The molecule has 0 fully saturated rings. The van der Waals surface area contributed by atoms with Crippen molar-refractivity contribution >= 4 is 72.3 Å². The van der Waals surface area contributed by atoms with E-state index in [-0.39, 0.29) is 17.1 Å². The van der Waals surface area contributed by atoms with Crippen molar-refractivity contribution in [3.63, 3.8) is 0 Å². The van der Waals surface area contributed by atoms with Crippen LogP contribution in [0.2, 0.25) is 0 Å². The molecule has 0 atom stereocenters. The Bertz CT molecular complexity index is 2050. The van der Waals surface area contributed by atoms with Crippen LogP contribution < -0.4 is 37.1 Å². The topological polar surface area (TPSA) is 14.1 Å². The molecule has 0 N–H and O–H groups in total. The third-order valence-electron chi connectivity index (χ3n) is 10.1. The molecule has 1 nitrogen and oxygen atoms in total. The molecule has 8 rings (SSSR count). The summed E-state index contributed by atoms with van der Waals surface area (Å²) >= 11 is 0. The fourth-order valence-electron chi connectivity index (χ4n) is 7.54. The van der Waals surface area contributed by atoms with Crippen molar-refractivity contribution in [3.05, 3.63) is 241 Å². The van der Waals surface area contributed by atoms with Crippen molar-refractivity contribution in [3.8, 4) is 0 Å². The summed E-state index contributed by atoms with van der Waals surface area (Å²) in [7, 11) is -2.37. The molecular formula is C55H58CuNP3+3. The molecule has 0 heterocycles. The quantitative estimate of drug-likeness (QED) is 0.0907. The molecule has 0 aliphatic heterocycles. The van der Waals surface area contributed by atoms with Crippen LogP contribution in [-0.2, 0) is 17.1 Å². The number of nitrogens with zero attached hydrogens (tertiary/aromatic N) is 1. The van der Waals surface area contributed by atoms with Crippen LogP contribution in [0, 0.1) is 6.92 Å². The van der Waals surface area contributed by atoms with Crippen LogP contribution in [0.1, 0.15) is 33.3 Å². The van der Waals surface area contributed by atoms with Gasteiger partial charge in [-0.2, -0.15) is 0 Å². The van der Waals surface area contributed by atoms with Crippen LogP contribution in [0.25, 0.3) is 5.32 Å². The molecule has 0 radical (unpaired) electrons. The molecule has 306 valence electrons. The monoisotopic (exact) mass is 888 g/mol. The van der Waals surface area contributed by atoms with Gasteiger partial charge in [0.15, 0.2) is 0 Å². The van der Waals surface area contributed by atoms with Gasteiger partial charge in [0.25, 0.3) is 0 Å². The van der Waals surface area contributed by atoms with Crippen molar-refractivity contribution < 1.29 is 17.1 Å². The van der Waals surface area contributed by atoms with E-state index in [4.69, 9.17) is 5.32 Å². The fraction of sp³-hybridized carbons (Fsp3) is 0.127. The van der Waals surface area contributed by atoms with Gasteiger partial charge < -0.3 is 5.32 Å². The minimum Gasteiger partial charge on any atom is -0.655 e. The zero-order valence-corrected chi connectivity index (χ0v) is 39.3. The Morgan fingerprint density at radius 2 is 0.617 bits per heavy atom. The van der Waals surface area contributed by atoms with E-state index in [2.05, 4.69) is 247 Å². The summed E-state index contributed by atoms with van der Waals surface area (Å²) < 4.78 is 0. The summed E-state index contributed by atoms with van der Waals surface area (Å²) in [6.45, 7) is 11.5. The number of para-hydroxylation sites is 1. The number of hydrogen-bond donors (Lipinski definition) is 0. The van der Waals surface area contributed by atoms with Crippen LogP contribution in [0.4, 0.5) is 11.4 Å². The second kappa shape index (κ2) is 24.6. The molecule has 0 aliphatic carbocycles. The van der Waals surface area contributed by atoms with Gasteiger partial charge >= 0.3 is 17.1 Å². The van der Waals surface area contributed by atoms with Gasteiger partial charge in [-0.15, -0.1) is 5.69 Å². The van der Waals surface area contributed by atoms with Gasteiger partial charge in [-0.1, -0.05) is 163 Å². The Balaban J connectivity index is 0.000000169. The van der Waals surface area contributed by atoms with Crippen LogP contribution in [0.3, 0.4) is 0 Å². The first-order valence-electron chi connectivity index (χ1n) is 20.7. The third-order valence-corrected chi connectivity index (χ3v) is 19.1. The fourth-order valence-corrected chi connectivity index (χ4v) is 16.0. The minimum absolute atomic E-state index is 0. The molecule has 8 aromatic rings. The maximum absolute atomic E-state index is 4.91. The minimum atomic E-state index is -0.877. The molecule has 5 heteroatoms. The molecule has 0 spiro atoms. The average molecular weight is 890 g/mol.